The number of hydrogen-bond donors (Lipinski definition) is 2. The van der Waals surface area contributed by atoms with E-state index >= 15 is 0 Å². The summed E-state index contributed by atoms with van der Waals surface area (Å²) in [6.07, 6.45) is 0. The van der Waals surface area contributed by atoms with Crippen molar-refractivity contribution in [2.45, 2.75) is 13.8 Å². The van der Waals surface area contributed by atoms with Gasteiger partial charge in [0, 0.05) is 5.69 Å². The number of nitrogens with zero attached hydrogens (tertiary/aromatic N) is 1. The zero-order valence-electron chi connectivity index (χ0n) is 7.99. The van der Waals surface area contributed by atoms with Crippen molar-refractivity contribution < 1.29 is 10.2 Å². The molecule has 0 heterocycles. The summed E-state index contributed by atoms with van der Waals surface area (Å²) in [5.41, 5.74) is 3.10. The van der Waals surface area contributed by atoms with Crippen molar-refractivity contribution in [2.75, 3.05) is 18.4 Å². The van der Waals surface area contributed by atoms with Crippen molar-refractivity contribution in [1.29, 1.82) is 0 Å². The summed E-state index contributed by atoms with van der Waals surface area (Å²) in [4.78, 5) is 1.49. The number of aliphatic hydroxyl groups excluding tert-OH is 2. The highest BCUT2D eigenvalue weighted by molar-refractivity contribution is 5.50. The lowest BCUT2D eigenvalue weighted by Gasteiger charge is -2.19. The lowest BCUT2D eigenvalue weighted by Crippen LogP contribution is -2.25. The molecule has 72 valence electrons. The zero-order valence-corrected chi connectivity index (χ0v) is 7.99. The van der Waals surface area contributed by atoms with Crippen molar-refractivity contribution in [3.8, 4) is 0 Å². The second kappa shape index (κ2) is 4.25. The molecule has 0 unspecified atom stereocenters. The van der Waals surface area contributed by atoms with E-state index in [2.05, 4.69) is 6.07 Å². The fourth-order valence-corrected chi connectivity index (χ4v) is 1.34. The second-order valence-electron chi connectivity index (χ2n) is 3.17. The van der Waals surface area contributed by atoms with Crippen LogP contribution in [-0.2, 0) is 0 Å². The summed E-state index contributed by atoms with van der Waals surface area (Å²) in [6, 6.07) is 5.91. The monoisotopic (exact) mass is 181 g/mol. The molecule has 0 radical (unpaired) electrons. The van der Waals surface area contributed by atoms with E-state index in [-0.39, 0.29) is 13.5 Å². The van der Waals surface area contributed by atoms with Crippen LogP contribution >= 0.6 is 0 Å². The van der Waals surface area contributed by atoms with Gasteiger partial charge in [0.1, 0.15) is 13.5 Å². The molecule has 0 aliphatic heterocycles. The van der Waals surface area contributed by atoms with Gasteiger partial charge >= 0.3 is 0 Å². The normalized spacial score (nSPS) is 10.2. The Morgan fingerprint density at radius 2 is 1.46 bits per heavy atom. The number of rotatable bonds is 3. The minimum atomic E-state index is -0.167. The lowest BCUT2D eigenvalue weighted by molar-refractivity contribution is 0.223. The van der Waals surface area contributed by atoms with Crippen LogP contribution in [0.25, 0.3) is 0 Å². The summed E-state index contributed by atoms with van der Waals surface area (Å²) in [6.45, 7) is 3.64. The number of benzene rings is 1. The quantitative estimate of drug-likeness (QED) is 0.684. The minimum Gasteiger partial charge on any atom is -0.376 e. The molecule has 0 bridgehead atoms. The van der Waals surface area contributed by atoms with Gasteiger partial charge in [-0.05, 0) is 37.1 Å². The van der Waals surface area contributed by atoms with Crippen LogP contribution in [0.15, 0.2) is 18.2 Å². The third-order valence-electron chi connectivity index (χ3n) is 1.91. The first kappa shape index (κ1) is 10.0. The van der Waals surface area contributed by atoms with Crippen molar-refractivity contribution >= 4 is 5.69 Å². The van der Waals surface area contributed by atoms with Crippen molar-refractivity contribution in [1.82, 2.24) is 0 Å². The molecule has 3 nitrogen and oxygen atoms in total. The predicted octanol–water partition coefficient (Wildman–Crippen LogP) is 1.01. The maximum Gasteiger partial charge on any atom is 0.117 e. The SMILES string of the molecule is Cc1cc(C)cc(N(CO)CO)c1. The van der Waals surface area contributed by atoms with Gasteiger partial charge in [0.05, 0.1) is 0 Å². The molecule has 0 fully saturated rings. The van der Waals surface area contributed by atoms with E-state index in [4.69, 9.17) is 10.2 Å². The molecule has 13 heavy (non-hydrogen) atoms. The largest absolute Gasteiger partial charge is 0.376 e. The Balaban J connectivity index is 2.99. The van der Waals surface area contributed by atoms with Crippen LogP contribution in [0.4, 0.5) is 5.69 Å². The van der Waals surface area contributed by atoms with Crippen LogP contribution in [0.5, 0.6) is 0 Å². The molecule has 3 heteroatoms. The smallest absolute Gasteiger partial charge is 0.117 e. The molecule has 0 aromatic heterocycles. The zero-order chi connectivity index (χ0) is 9.84. The number of aryl methyl sites for hydroxylation is 2. The van der Waals surface area contributed by atoms with Gasteiger partial charge in [0.2, 0.25) is 0 Å². The second-order valence-corrected chi connectivity index (χ2v) is 3.17. The van der Waals surface area contributed by atoms with Crippen LogP contribution < -0.4 is 4.90 Å². The first-order chi connectivity index (χ1) is 6.17. The third kappa shape index (κ3) is 2.44. The van der Waals surface area contributed by atoms with Gasteiger partial charge in [0.15, 0.2) is 0 Å². The average molecular weight is 181 g/mol. The van der Waals surface area contributed by atoms with Crippen LogP contribution in [0.3, 0.4) is 0 Å². The molecular formula is C10H15NO2. The fourth-order valence-electron chi connectivity index (χ4n) is 1.34. The number of hydrogen-bond acceptors (Lipinski definition) is 3. The van der Waals surface area contributed by atoms with Gasteiger partial charge in [-0.1, -0.05) is 6.07 Å². The first-order valence-electron chi connectivity index (χ1n) is 4.22. The Morgan fingerprint density at radius 1 is 1.00 bits per heavy atom. The lowest BCUT2D eigenvalue weighted by atomic mass is 10.1. The number of aliphatic hydroxyl groups is 2. The maximum absolute atomic E-state index is 8.93. The molecule has 0 aliphatic rings. The van der Waals surface area contributed by atoms with Gasteiger partial charge in [-0.3, -0.25) is 0 Å². The summed E-state index contributed by atoms with van der Waals surface area (Å²) >= 11 is 0. The van der Waals surface area contributed by atoms with Crippen LogP contribution in [0.2, 0.25) is 0 Å². The summed E-state index contributed by atoms with van der Waals surface area (Å²) in [7, 11) is 0. The summed E-state index contributed by atoms with van der Waals surface area (Å²) < 4.78 is 0. The Bertz CT molecular complexity index is 262. The van der Waals surface area contributed by atoms with E-state index in [0.717, 1.165) is 16.8 Å². The molecule has 0 amide bonds. The van der Waals surface area contributed by atoms with Gasteiger partial charge in [-0.25, -0.2) is 0 Å². The van der Waals surface area contributed by atoms with Crippen molar-refractivity contribution in [3.05, 3.63) is 29.3 Å². The van der Waals surface area contributed by atoms with Crippen LogP contribution in [0, 0.1) is 13.8 Å². The van der Waals surface area contributed by atoms with Gasteiger partial charge in [-0.2, -0.15) is 0 Å². The molecule has 1 rings (SSSR count). The van der Waals surface area contributed by atoms with E-state index in [9.17, 15) is 0 Å². The molecule has 0 saturated heterocycles. The minimum absolute atomic E-state index is 0.167. The summed E-state index contributed by atoms with van der Waals surface area (Å²) in [5, 5.41) is 17.9. The van der Waals surface area contributed by atoms with Gasteiger partial charge in [-0.15, -0.1) is 0 Å². The Labute approximate surface area is 78.2 Å². The molecule has 0 saturated carbocycles. The highest BCUT2D eigenvalue weighted by atomic mass is 16.3. The van der Waals surface area contributed by atoms with E-state index in [1.807, 2.05) is 26.0 Å². The van der Waals surface area contributed by atoms with E-state index in [0.29, 0.717) is 0 Å². The molecule has 0 atom stereocenters. The summed E-state index contributed by atoms with van der Waals surface area (Å²) in [5.74, 6) is 0. The highest BCUT2D eigenvalue weighted by Gasteiger charge is 2.03. The van der Waals surface area contributed by atoms with Crippen LogP contribution in [0.1, 0.15) is 11.1 Å². The molecule has 2 N–H and O–H groups in total. The fraction of sp³-hybridized carbons (Fsp3) is 0.400. The highest BCUT2D eigenvalue weighted by Crippen LogP contribution is 2.17. The average Bonchev–Trinajstić information content (AvgIpc) is 2.04. The van der Waals surface area contributed by atoms with Gasteiger partial charge in [0.25, 0.3) is 0 Å². The van der Waals surface area contributed by atoms with Gasteiger partial charge < -0.3 is 15.1 Å². The van der Waals surface area contributed by atoms with E-state index in [1.165, 1.54) is 4.90 Å². The molecule has 1 aromatic rings. The molecule has 0 aliphatic carbocycles. The predicted molar refractivity (Wildman–Crippen MR) is 52.6 cm³/mol. The molecular weight excluding hydrogens is 166 g/mol. The van der Waals surface area contributed by atoms with E-state index in [1.54, 1.807) is 0 Å². The molecule has 0 spiro atoms. The third-order valence-corrected chi connectivity index (χ3v) is 1.91. The van der Waals surface area contributed by atoms with Crippen molar-refractivity contribution in [2.24, 2.45) is 0 Å². The number of anilines is 1. The first-order valence-corrected chi connectivity index (χ1v) is 4.22. The molecule has 1 aromatic carbocycles. The van der Waals surface area contributed by atoms with Crippen molar-refractivity contribution in [3.63, 3.8) is 0 Å². The Kier molecular flexibility index (Phi) is 3.28. The van der Waals surface area contributed by atoms with E-state index < -0.39 is 0 Å². The maximum atomic E-state index is 8.93. The standard InChI is InChI=1S/C10H15NO2/c1-8-3-9(2)5-10(4-8)11(6-12)7-13/h3-5,12-13H,6-7H2,1-2H3. The Morgan fingerprint density at radius 3 is 1.85 bits per heavy atom. The Hall–Kier alpha value is -1.06. The topological polar surface area (TPSA) is 43.7 Å². The van der Waals surface area contributed by atoms with Crippen LogP contribution in [-0.4, -0.2) is 23.7 Å².